The van der Waals surface area contributed by atoms with Crippen LogP contribution >= 0.6 is 0 Å². The fraction of sp³-hybridized carbons (Fsp3) is 1.00. The Labute approximate surface area is 127 Å². The maximum absolute atomic E-state index is 3.55. The summed E-state index contributed by atoms with van der Waals surface area (Å²) in [6, 6.07) is 0.779. The van der Waals surface area contributed by atoms with Gasteiger partial charge in [0.15, 0.2) is 0 Å². The maximum Gasteiger partial charge on any atom is 0.00903 e. The highest BCUT2D eigenvalue weighted by Gasteiger charge is 2.34. The van der Waals surface area contributed by atoms with Gasteiger partial charge in [-0.2, -0.15) is 0 Å². The molecule has 0 bridgehead atoms. The number of hydrogen-bond acceptors (Lipinski definition) is 2. The van der Waals surface area contributed by atoms with Crippen molar-refractivity contribution in [2.45, 2.75) is 79.2 Å². The molecule has 0 aliphatic carbocycles. The number of rotatable bonds is 9. The number of nitrogens with zero attached hydrogens (tertiary/aromatic N) is 1. The van der Waals surface area contributed by atoms with Crippen molar-refractivity contribution in [1.82, 2.24) is 10.2 Å². The molecule has 1 N–H and O–H groups in total. The van der Waals surface area contributed by atoms with Crippen LogP contribution in [0.3, 0.4) is 0 Å². The molecule has 0 unspecified atom stereocenters. The third-order valence-electron chi connectivity index (χ3n) is 5.04. The fourth-order valence-corrected chi connectivity index (χ4v) is 4.02. The molecule has 1 aliphatic rings. The van der Waals surface area contributed by atoms with E-state index in [1.807, 2.05) is 0 Å². The van der Waals surface area contributed by atoms with Crippen molar-refractivity contribution in [3.63, 3.8) is 0 Å². The van der Waals surface area contributed by atoms with Crippen molar-refractivity contribution in [2.75, 3.05) is 26.2 Å². The van der Waals surface area contributed by atoms with E-state index in [9.17, 15) is 0 Å². The smallest absolute Gasteiger partial charge is 0.00903 e. The second-order valence-corrected chi connectivity index (χ2v) is 7.29. The predicted octanol–water partition coefficient (Wildman–Crippen LogP) is 4.30. The molecule has 1 heterocycles. The lowest BCUT2D eigenvalue weighted by molar-refractivity contribution is 0.0611. The van der Waals surface area contributed by atoms with E-state index in [0.29, 0.717) is 5.41 Å². The van der Waals surface area contributed by atoms with Gasteiger partial charge in [0, 0.05) is 19.1 Å². The average Bonchev–Trinajstić information content (AvgIpc) is 2.40. The molecular formula is C18H38N2. The van der Waals surface area contributed by atoms with Gasteiger partial charge in [0.2, 0.25) is 0 Å². The van der Waals surface area contributed by atoms with Gasteiger partial charge in [-0.05, 0) is 56.5 Å². The highest BCUT2D eigenvalue weighted by Crippen LogP contribution is 2.36. The lowest BCUT2D eigenvalue weighted by atomic mass is 9.74. The summed E-state index contributed by atoms with van der Waals surface area (Å²) in [6.45, 7) is 16.8. The minimum absolute atomic E-state index is 0.581. The number of hydrogen-bond donors (Lipinski definition) is 1. The maximum atomic E-state index is 3.55. The molecular weight excluding hydrogens is 244 g/mol. The second kappa shape index (κ2) is 9.04. The quantitative estimate of drug-likeness (QED) is 0.678. The van der Waals surface area contributed by atoms with Crippen molar-refractivity contribution in [3.05, 3.63) is 0 Å². The topological polar surface area (TPSA) is 15.3 Å². The first-order valence-electron chi connectivity index (χ1n) is 9.01. The first kappa shape index (κ1) is 18.0. The summed E-state index contributed by atoms with van der Waals surface area (Å²) >= 11 is 0. The summed E-state index contributed by atoms with van der Waals surface area (Å²) in [5.74, 6) is 0.774. The molecule has 20 heavy (non-hydrogen) atoms. The zero-order valence-corrected chi connectivity index (χ0v) is 14.7. The van der Waals surface area contributed by atoms with Gasteiger partial charge < -0.3 is 5.32 Å². The standard InChI is InChI=1S/C18H38N2/c1-6-9-18(10-12-19-13-11-18)15-20(14-16(4)5)17(7-2)8-3/h16-17,19H,6-15H2,1-5H3. The summed E-state index contributed by atoms with van der Waals surface area (Å²) in [6.07, 6.45) is 8.07. The van der Waals surface area contributed by atoms with Crippen LogP contribution in [0.4, 0.5) is 0 Å². The zero-order chi connectivity index (χ0) is 15.0. The molecule has 2 nitrogen and oxygen atoms in total. The molecule has 1 aliphatic heterocycles. The summed E-state index contributed by atoms with van der Waals surface area (Å²) in [5.41, 5.74) is 0.581. The van der Waals surface area contributed by atoms with Gasteiger partial charge in [-0.15, -0.1) is 0 Å². The van der Waals surface area contributed by atoms with Crippen LogP contribution in [-0.4, -0.2) is 37.1 Å². The van der Waals surface area contributed by atoms with Gasteiger partial charge >= 0.3 is 0 Å². The predicted molar refractivity (Wildman–Crippen MR) is 90.2 cm³/mol. The van der Waals surface area contributed by atoms with E-state index in [0.717, 1.165) is 12.0 Å². The Hall–Kier alpha value is -0.0800. The van der Waals surface area contributed by atoms with E-state index in [1.54, 1.807) is 0 Å². The summed E-state index contributed by atoms with van der Waals surface area (Å²) < 4.78 is 0. The van der Waals surface area contributed by atoms with Crippen molar-refractivity contribution in [2.24, 2.45) is 11.3 Å². The number of piperidine rings is 1. The molecule has 1 saturated heterocycles. The largest absolute Gasteiger partial charge is 0.317 e. The minimum Gasteiger partial charge on any atom is -0.317 e. The van der Waals surface area contributed by atoms with E-state index in [2.05, 4.69) is 44.8 Å². The fourth-order valence-electron chi connectivity index (χ4n) is 4.02. The van der Waals surface area contributed by atoms with Gasteiger partial charge in [-0.1, -0.05) is 41.0 Å². The van der Waals surface area contributed by atoms with E-state index in [1.165, 1.54) is 64.7 Å². The third-order valence-corrected chi connectivity index (χ3v) is 5.04. The van der Waals surface area contributed by atoms with E-state index < -0.39 is 0 Å². The monoisotopic (exact) mass is 282 g/mol. The normalized spacial score (nSPS) is 19.2. The van der Waals surface area contributed by atoms with Gasteiger partial charge in [0.1, 0.15) is 0 Å². The Bertz CT molecular complexity index is 234. The Morgan fingerprint density at radius 3 is 2.10 bits per heavy atom. The van der Waals surface area contributed by atoms with Crippen LogP contribution in [0.25, 0.3) is 0 Å². The molecule has 2 heteroatoms. The Morgan fingerprint density at radius 1 is 1.05 bits per heavy atom. The first-order valence-corrected chi connectivity index (χ1v) is 9.01. The van der Waals surface area contributed by atoms with Crippen LogP contribution in [0, 0.1) is 11.3 Å². The van der Waals surface area contributed by atoms with Gasteiger partial charge in [0.05, 0.1) is 0 Å². The lowest BCUT2D eigenvalue weighted by Gasteiger charge is -2.44. The third kappa shape index (κ3) is 5.37. The first-order chi connectivity index (χ1) is 9.56. The molecule has 120 valence electrons. The number of nitrogens with one attached hydrogen (secondary N) is 1. The average molecular weight is 283 g/mol. The molecule has 0 radical (unpaired) electrons. The summed E-state index contributed by atoms with van der Waals surface area (Å²) in [7, 11) is 0. The minimum atomic E-state index is 0.581. The molecule has 0 aromatic carbocycles. The molecule has 0 aromatic heterocycles. The lowest BCUT2D eigenvalue weighted by Crippen LogP contribution is -2.48. The van der Waals surface area contributed by atoms with Gasteiger partial charge in [-0.25, -0.2) is 0 Å². The van der Waals surface area contributed by atoms with Gasteiger partial charge in [-0.3, -0.25) is 4.90 Å². The van der Waals surface area contributed by atoms with Crippen molar-refractivity contribution in [3.8, 4) is 0 Å². The van der Waals surface area contributed by atoms with Crippen LogP contribution in [0.15, 0.2) is 0 Å². The van der Waals surface area contributed by atoms with Crippen LogP contribution < -0.4 is 5.32 Å². The summed E-state index contributed by atoms with van der Waals surface area (Å²) in [4.78, 5) is 2.83. The Kier molecular flexibility index (Phi) is 8.13. The van der Waals surface area contributed by atoms with Crippen molar-refractivity contribution < 1.29 is 0 Å². The Balaban J connectivity index is 2.77. The van der Waals surface area contributed by atoms with Gasteiger partial charge in [0.25, 0.3) is 0 Å². The van der Waals surface area contributed by atoms with Crippen LogP contribution in [-0.2, 0) is 0 Å². The zero-order valence-electron chi connectivity index (χ0n) is 14.7. The molecule has 0 spiro atoms. The van der Waals surface area contributed by atoms with E-state index >= 15 is 0 Å². The van der Waals surface area contributed by atoms with Crippen molar-refractivity contribution in [1.29, 1.82) is 0 Å². The SMILES string of the molecule is CCCC1(CN(CC(C)C)C(CC)CC)CCNCC1. The second-order valence-electron chi connectivity index (χ2n) is 7.29. The molecule has 0 aromatic rings. The summed E-state index contributed by atoms with van der Waals surface area (Å²) in [5, 5.41) is 3.55. The van der Waals surface area contributed by atoms with E-state index in [-0.39, 0.29) is 0 Å². The highest BCUT2D eigenvalue weighted by molar-refractivity contribution is 4.89. The van der Waals surface area contributed by atoms with E-state index in [4.69, 9.17) is 0 Å². The molecule has 0 amide bonds. The van der Waals surface area contributed by atoms with Crippen LogP contribution in [0.1, 0.15) is 73.1 Å². The molecule has 1 rings (SSSR count). The van der Waals surface area contributed by atoms with Crippen LogP contribution in [0.5, 0.6) is 0 Å². The molecule has 1 fully saturated rings. The molecule has 0 atom stereocenters. The highest BCUT2D eigenvalue weighted by atomic mass is 15.2. The Morgan fingerprint density at radius 2 is 1.65 bits per heavy atom. The molecule has 0 saturated carbocycles. The van der Waals surface area contributed by atoms with Crippen LogP contribution in [0.2, 0.25) is 0 Å². The van der Waals surface area contributed by atoms with Crippen molar-refractivity contribution >= 4 is 0 Å².